The molecule has 0 aromatic heterocycles. The molecule has 0 N–H and O–H groups in total. The molecule has 1 unspecified atom stereocenters. The van der Waals surface area contributed by atoms with Gasteiger partial charge in [-0.15, -0.1) is 0 Å². The Balaban J connectivity index is 2.03. The second-order valence-electron chi connectivity index (χ2n) is 6.53. The summed E-state index contributed by atoms with van der Waals surface area (Å²) in [6, 6.07) is 4.78. The zero-order valence-corrected chi connectivity index (χ0v) is 13.6. The normalized spacial score (nSPS) is 17.0. The molecule has 0 radical (unpaired) electrons. The van der Waals surface area contributed by atoms with E-state index in [0.29, 0.717) is 12.8 Å². The second-order valence-corrected chi connectivity index (χ2v) is 6.53. The van der Waals surface area contributed by atoms with Gasteiger partial charge in [0.1, 0.15) is 11.6 Å². The summed E-state index contributed by atoms with van der Waals surface area (Å²) in [5, 5.41) is 0. The van der Waals surface area contributed by atoms with Gasteiger partial charge in [-0.2, -0.15) is 0 Å². The summed E-state index contributed by atoms with van der Waals surface area (Å²) in [6.45, 7) is 2.09. The number of unbranched alkanes of at least 4 members (excludes halogenated alkanes) is 1. The average molecular weight is 336 g/mol. The molecule has 0 heterocycles. The molecule has 0 saturated carbocycles. The zero-order valence-electron chi connectivity index (χ0n) is 13.6. The van der Waals surface area contributed by atoms with Gasteiger partial charge in [-0.1, -0.05) is 38.3 Å². The van der Waals surface area contributed by atoms with E-state index in [4.69, 9.17) is 0 Å². The lowest BCUT2D eigenvalue weighted by molar-refractivity contribution is 0.385. The summed E-state index contributed by atoms with van der Waals surface area (Å²) >= 11 is 0. The molecular formula is C20H20F4. The van der Waals surface area contributed by atoms with Crippen molar-refractivity contribution in [1.29, 1.82) is 0 Å². The highest BCUT2D eigenvalue weighted by molar-refractivity contribution is 5.67. The van der Waals surface area contributed by atoms with Gasteiger partial charge in [0.15, 0.2) is 11.6 Å². The Bertz CT molecular complexity index is 735. The molecule has 24 heavy (non-hydrogen) atoms. The Hall–Kier alpha value is -1.84. The third-order valence-electron chi connectivity index (χ3n) is 4.92. The number of halogens is 4. The Morgan fingerprint density at radius 2 is 1.62 bits per heavy atom. The van der Waals surface area contributed by atoms with Crippen molar-refractivity contribution in [3.05, 3.63) is 58.7 Å². The van der Waals surface area contributed by atoms with Crippen LogP contribution in [-0.4, -0.2) is 0 Å². The Morgan fingerprint density at radius 3 is 2.29 bits per heavy atom. The molecule has 0 amide bonds. The molecule has 1 aliphatic rings. The minimum atomic E-state index is -1.17. The fourth-order valence-electron chi connectivity index (χ4n) is 3.58. The summed E-state index contributed by atoms with van der Waals surface area (Å²) in [4.78, 5) is 0. The maximum atomic E-state index is 14.9. The van der Waals surface area contributed by atoms with E-state index < -0.39 is 28.8 Å². The van der Waals surface area contributed by atoms with Crippen molar-refractivity contribution < 1.29 is 17.6 Å². The molecule has 0 bridgehead atoms. The van der Waals surface area contributed by atoms with E-state index >= 15 is 0 Å². The molecule has 0 spiro atoms. The van der Waals surface area contributed by atoms with Crippen molar-refractivity contribution in [3.8, 4) is 11.1 Å². The largest absolute Gasteiger partial charge is 0.207 e. The first kappa shape index (κ1) is 17.0. The maximum Gasteiger partial charge on any atom is 0.169 e. The van der Waals surface area contributed by atoms with Gasteiger partial charge in [0.2, 0.25) is 0 Å². The van der Waals surface area contributed by atoms with Crippen LogP contribution < -0.4 is 0 Å². The van der Waals surface area contributed by atoms with Crippen LogP contribution in [0.1, 0.15) is 43.7 Å². The van der Waals surface area contributed by atoms with E-state index in [-0.39, 0.29) is 22.6 Å². The lowest BCUT2D eigenvalue weighted by atomic mass is 9.79. The van der Waals surface area contributed by atoms with Gasteiger partial charge in [-0.3, -0.25) is 0 Å². The monoisotopic (exact) mass is 336 g/mol. The number of fused-ring (bicyclic) bond motifs is 1. The first-order chi connectivity index (χ1) is 11.5. The minimum absolute atomic E-state index is 0.154. The predicted octanol–water partition coefficient (Wildman–Crippen LogP) is 6.21. The van der Waals surface area contributed by atoms with Crippen LogP contribution in [0.3, 0.4) is 0 Å². The summed E-state index contributed by atoms with van der Waals surface area (Å²) in [6.07, 6.45) is 4.65. The van der Waals surface area contributed by atoms with Gasteiger partial charge >= 0.3 is 0 Å². The number of benzene rings is 2. The Labute approximate surface area is 139 Å². The highest BCUT2D eigenvalue weighted by atomic mass is 19.2. The highest BCUT2D eigenvalue weighted by Crippen LogP contribution is 2.38. The molecule has 0 fully saturated rings. The minimum Gasteiger partial charge on any atom is -0.207 e. The average Bonchev–Trinajstić information content (AvgIpc) is 2.59. The van der Waals surface area contributed by atoms with Gasteiger partial charge in [0, 0.05) is 0 Å². The van der Waals surface area contributed by atoms with E-state index in [1.165, 1.54) is 12.1 Å². The quantitative estimate of drug-likeness (QED) is 0.460. The van der Waals surface area contributed by atoms with Crippen LogP contribution in [0.5, 0.6) is 0 Å². The van der Waals surface area contributed by atoms with E-state index in [1.807, 2.05) is 0 Å². The van der Waals surface area contributed by atoms with Crippen molar-refractivity contribution in [2.24, 2.45) is 5.92 Å². The molecule has 4 heteroatoms. The molecule has 1 aliphatic carbocycles. The Kier molecular flexibility index (Phi) is 4.93. The summed E-state index contributed by atoms with van der Waals surface area (Å²) in [5.74, 6) is -3.05. The van der Waals surface area contributed by atoms with Crippen molar-refractivity contribution >= 4 is 0 Å². The van der Waals surface area contributed by atoms with Crippen LogP contribution in [0.15, 0.2) is 24.3 Å². The fraction of sp³-hybridized carbons (Fsp3) is 0.400. The molecule has 2 aromatic carbocycles. The van der Waals surface area contributed by atoms with E-state index in [0.717, 1.165) is 37.8 Å². The van der Waals surface area contributed by atoms with Gasteiger partial charge in [-0.05, 0) is 54.0 Å². The molecular weight excluding hydrogens is 316 g/mol. The third-order valence-corrected chi connectivity index (χ3v) is 4.92. The summed E-state index contributed by atoms with van der Waals surface area (Å²) in [7, 11) is 0. The smallest absolute Gasteiger partial charge is 0.169 e. The van der Waals surface area contributed by atoms with Gasteiger partial charge in [0.05, 0.1) is 5.56 Å². The molecule has 1 atom stereocenters. The number of hydrogen-bond donors (Lipinski definition) is 0. The first-order valence-corrected chi connectivity index (χ1v) is 8.47. The first-order valence-electron chi connectivity index (χ1n) is 8.47. The van der Waals surface area contributed by atoms with Gasteiger partial charge in [-0.25, -0.2) is 17.6 Å². The molecule has 0 aliphatic heterocycles. The van der Waals surface area contributed by atoms with E-state index in [9.17, 15) is 17.6 Å². The van der Waals surface area contributed by atoms with E-state index in [2.05, 4.69) is 6.92 Å². The van der Waals surface area contributed by atoms with Crippen LogP contribution in [-0.2, 0) is 12.8 Å². The molecule has 0 saturated heterocycles. The standard InChI is InChI=1S/C20H20F4/c1-2-3-4-12-5-10-15-16(11-12)19(23)20(24)17(18(15)22)13-6-8-14(21)9-7-13/h6-9,12H,2-5,10-11H2,1H3. The molecule has 128 valence electrons. The van der Waals surface area contributed by atoms with Crippen molar-refractivity contribution in [2.75, 3.05) is 0 Å². The predicted molar refractivity (Wildman–Crippen MR) is 86.8 cm³/mol. The van der Waals surface area contributed by atoms with Crippen molar-refractivity contribution in [2.45, 2.75) is 45.4 Å². The Morgan fingerprint density at radius 1 is 0.917 bits per heavy atom. The van der Waals surface area contributed by atoms with Crippen LogP contribution in [0.25, 0.3) is 11.1 Å². The topological polar surface area (TPSA) is 0 Å². The van der Waals surface area contributed by atoms with Crippen molar-refractivity contribution in [3.63, 3.8) is 0 Å². The maximum absolute atomic E-state index is 14.9. The van der Waals surface area contributed by atoms with Gasteiger partial charge in [0.25, 0.3) is 0 Å². The fourth-order valence-corrected chi connectivity index (χ4v) is 3.58. The lowest BCUT2D eigenvalue weighted by Crippen LogP contribution is -2.19. The van der Waals surface area contributed by atoms with E-state index in [1.54, 1.807) is 0 Å². The summed E-state index contributed by atoms with van der Waals surface area (Å²) in [5.41, 5.74) is 0.226. The van der Waals surface area contributed by atoms with Crippen LogP contribution in [0, 0.1) is 29.2 Å². The summed E-state index contributed by atoms with van der Waals surface area (Å²) < 4.78 is 57.0. The van der Waals surface area contributed by atoms with Crippen LogP contribution >= 0.6 is 0 Å². The molecule has 0 nitrogen and oxygen atoms in total. The molecule has 3 rings (SSSR count). The molecule has 2 aromatic rings. The number of rotatable bonds is 4. The lowest BCUT2D eigenvalue weighted by Gasteiger charge is -2.26. The second kappa shape index (κ2) is 6.96. The third kappa shape index (κ3) is 3.06. The van der Waals surface area contributed by atoms with Gasteiger partial charge < -0.3 is 0 Å². The van der Waals surface area contributed by atoms with Crippen molar-refractivity contribution in [1.82, 2.24) is 0 Å². The SMILES string of the molecule is CCCCC1CCc2c(F)c(-c3ccc(F)cc3)c(F)c(F)c2C1. The zero-order chi connectivity index (χ0) is 17.3. The van der Waals surface area contributed by atoms with Crippen LogP contribution in [0.4, 0.5) is 17.6 Å². The number of hydrogen-bond acceptors (Lipinski definition) is 0. The van der Waals surface area contributed by atoms with Crippen LogP contribution in [0.2, 0.25) is 0 Å². The highest BCUT2D eigenvalue weighted by Gasteiger charge is 2.30.